The lowest BCUT2D eigenvalue weighted by molar-refractivity contribution is 0.165. The Morgan fingerprint density at radius 2 is 1.82 bits per heavy atom. The van der Waals surface area contributed by atoms with Gasteiger partial charge in [0.15, 0.2) is 0 Å². The Hall–Kier alpha value is -1.26. The minimum atomic E-state index is -0.391. The van der Waals surface area contributed by atoms with Crippen LogP contribution >= 0.6 is 0 Å². The first-order valence-electron chi connectivity index (χ1n) is 6.17. The van der Waals surface area contributed by atoms with Gasteiger partial charge in [-0.3, -0.25) is 0 Å². The number of aliphatic hydroxyl groups excluding tert-OH is 1. The van der Waals surface area contributed by atoms with E-state index in [2.05, 4.69) is 38.8 Å². The average Bonchev–Trinajstić information content (AvgIpc) is 2.28. The molecule has 1 N–H and O–H groups in total. The summed E-state index contributed by atoms with van der Waals surface area (Å²) in [7, 11) is 0. The summed E-state index contributed by atoms with van der Waals surface area (Å²) in [5.41, 5.74) is 2.43. The van der Waals surface area contributed by atoms with Gasteiger partial charge in [0.25, 0.3) is 0 Å². The van der Waals surface area contributed by atoms with Gasteiger partial charge in [-0.15, -0.1) is 12.3 Å². The highest BCUT2D eigenvalue weighted by molar-refractivity contribution is 5.28. The summed E-state index contributed by atoms with van der Waals surface area (Å²) in [4.78, 5) is 0. The molecular weight excluding hydrogens is 208 g/mol. The molecule has 17 heavy (non-hydrogen) atoms. The van der Waals surface area contributed by atoms with Crippen molar-refractivity contribution in [2.24, 2.45) is 0 Å². The van der Waals surface area contributed by atoms with Crippen LogP contribution in [0.1, 0.15) is 57.3 Å². The molecule has 1 atom stereocenters. The minimum absolute atomic E-state index is 0.160. The molecule has 0 bridgehead atoms. The summed E-state index contributed by atoms with van der Waals surface area (Å²) in [6.07, 6.45) is 7.14. The predicted octanol–water partition coefficient (Wildman–Crippen LogP) is 3.82. The van der Waals surface area contributed by atoms with Crippen LogP contribution in [-0.2, 0) is 5.41 Å². The number of terminal acetylenes is 1. The first kappa shape index (κ1) is 13.8. The van der Waals surface area contributed by atoms with E-state index >= 15 is 0 Å². The highest BCUT2D eigenvalue weighted by Gasteiger charge is 2.14. The van der Waals surface area contributed by atoms with Crippen molar-refractivity contribution in [2.45, 2.75) is 51.6 Å². The SMILES string of the molecule is C#CCCCC(O)c1ccc(C(C)(C)C)cc1. The van der Waals surface area contributed by atoms with Gasteiger partial charge in [0.05, 0.1) is 6.10 Å². The molecule has 0 fully saturated rings. The van der Waals surface area contributed by atoms with Crippen LogP contribution in [0.4, 0.5) is 0 Å². The molecule has 92 valence electrons. The van der Waals surface area contributed by atoms with Gasteiger partial charge in [0, 0.05) is 6.42 Å². The number of rotatable bonds is 4. The van der Waals surface area contributed by atoms with Crippen LogP contribution in [0.2, 0.25) is 0 Å². The normalized spacial score (nSPS) is 13.1. The fourth-order valence-electron chi connectivity index (χ4n) is 1.77. The summed E-state index contributed by atoms with van der Waals surface area (Å²) < 4.78 is 0. The lowest BCUT2D eigenvalue weighted by Gasteiger charge is -2.20. The van der Waals surface area contributed by atoms with Crippen molar-refractivity contribution in [1.29, 1.82) is 0 Å². The Bertz CT molecular complexity index is 375. The molecule has 0 aliphatic carbocycles. The van der Waals surface area contributed by atoms with E-state index in [1.807, 2.05) is 12.1 Å². The standard InChI is InChI=1S/C16H22O/c1-5-6-7-8-15(17)13-9-11-14(12-10-13)16(2,3)4/h1,9-12,15,17H,6-8H2,2-4H3. The zero-order chi connectivity index (χ0) is 12.9. The lowest BCUT2D eigenvalue weighted by atomic mass is 9.86. The molecule has 0 heterocycles. The molecule has 1 nitrogen and oxygen atoms in total. The maximum absolute atomic E-state index is 9.97. The zero-order valence-electron chi connectivity index (χ0n) is 11.0. The molecule has 0 saturated heterocycles. The Morgan fingerprint density at radius 3 is 2.29 bits per heavy atom. The van der Waals surface area contributed by atoms with E-state index in [4.69, 9.17) is 6.42 Å². The maximum Gasteiger partial charge on any atom is 0.0790 e. The van der Waals surface area contributed by atoms with E-state index in [-0.39, 0.29) is 5.41 Å². The number of hydrogen-bond acceptors (Lipinski definition) is 1. The van der Waals surface area contributed by atoms with Gasteiger partial charge in [-0.25, -0.2) is 0 Å². The van der Waals surface area contributed by atoms with Crippen LogP contribution in [0, 0.1) is 12.3 Å². The largest absolute Gasteiger partial charge is 0.388 e. The van der Waals surface area contributed by atoms with Crippen LogP contribution in [0.15, 0.2) is 24.3 Å². The van der Waals surface area contributed by atoms with E-state index < -0.39 is 6.10 Å². The molecule has 0 saturated carbocycles. The van der Waals surface area contributed by atoms with Gasteiger partial charge in [0.1, 0.15) is 0 Å². The van der Waals surface area contributed by atoms with Crippen molar-refractivity contribution in [3.05, 3.63) is 35.4 Å². The van der Waals surface area contributed by atoms with Gasteiger partial charge in [-0.1, -0.05) is 45.0 Å². The number of aliphatic hydroxyl groups is 1. The molecule has 0 amide bonds. The molecule has 0 aliphatic heterocycles. The monoisotopic (exact) mass is 230 g/mol. The fraction of sp³-hybridized carbons (Fsp3) is 0.500. The first-order valence-corrected chi connectivity index (χ1v) is 6.17. The van der Waals surface area contributed by atoms with Crippen LogP contribution < -0.4 is 0 Å². The zero-order valence-corrected chi connectivity index (χ0v) is 11.0. The summed E-state index contributed by atoms with van der Waals surface area (Å²) in [5, 5.41) is 9.97. The molecule has 1 rings (SSSR count). The van der Waals surface area contributed by atoms with Crippen molar-refractivity contribution in [1.82, 2.24) is 0 Å². The van der Waals surface area contributed by atoms with Gasteiger partial charge in [0.2, 0.25) is 0 Å². The number of hydrogen-bond donors (Lipinski definition) is 1. The Balaban J connectivity index is 2.65. The van der Waals surface area contributed by atoms with Crippen LogP contribution in [0.25, 0.3) is 0 Å². The maximum atomic E-state index is 9.97. The molecule has 0 aromatic heterocycles. The fourth-order valence-corrected chi connectivity index (χ4v) is 1.77. The Labute approximate surface area is 105 Å². The third kappa shape index (κ3) is 4.24. The number of benzene rings is 1. The van der Waals surface area contributed by atoms with Crippen LogP contribution in [0.3, 0.4) is 0 Å². The average molecular weight is 230 g/mol. The Morgan fingerprint density at radius 1 is 1.24 bits per heavy atom. The van der Waals surface area contributed by atoms with E-state index in [9.17, 15) is 5.11 Å². The van der Waals surface area contributed by atoms with Gasteiger partial charge in [-0.2, -0.15) is 0 Å². The topological polar surface area (TPSA) is 20.2 Å². The molecule has 0 spiro atoms. The minimum Gasteiger partial charge on any atom is -0.388 e. The van der Waals surface area contributed by atoms with Crippen molar-refractivity contribution in [3.8, 4) is 12.3 Å². The number of unbranched alkanes of at least 4 members (excludes halogenated alkanes) is 1. The van der Waals surface area contributed by atoms with E-state index in [0.717, 1.165) is 24.8 Å². The molecule has 1 heteroatoms. The second kappa shape index (κ2) is 5.89. The highest BCUT2D eigenvalue weighted by Crippen LogP contribution is 2.25. The van der Waals surface area contributed by atoms with Gasteiger partial charge >= 0.3 is 0 Å². The summed E-state index contributed by atoms with van der Waals surface area (Å²) in [5.74, 6) is 2.59. The second-order valence-corrected chi connectivity index (χ2v) is 5.48. The molecular formula is C16H22O. The molecule has 1 aromatic carbocycles. The molecule has 1 aromatic rings. The van der Waals surface area contributed by atoms with Crippen LogP contribution in [0.5, 0.6) is 0 Å². The summed E-state index contributed by atoms with van der Waals surface area (Å²) in [6.45, 7) is 6.56. The van der Waals surface area contributed by atoms with E-state index in [1.165, 1.54) is 5.56 Å². The van der Waals surface area contributed by atoms with Gasteiger partial charge < -0.3 is 5.11 Å². The summed E-state index contributed by atoms with van der Waals surface area (Å²) in [6, 6.07) is 8.22. The second-order valence-electron chi connectivity index (χ2n) is 5.48. The van der Waals surface area contributed by atoms with Gasteiger partial charge in [-0.05, 0) is 29.4 Å². The third-order valence-electron chi connectivity index (χ3n) is 2.96. The van der Waals surface area contributed by atoms with E-state index in [1.54, 1.807) is 0 Å². The lowest BCUT2D eigenvalue weighted by Crippen LogP contribution is -2.11. The quantitative estimate of drug-likeness (QED) is 0.616. The first-order chi connectivity index (χ1) is 7.95. The molecule has 1 unspecified atom stereocenters. The van der Waals surface area contributed by atoms with Crippen LogP contribution in [-0.4, -0.2) is 5.11 Å². The van der Waals surface area contributed by atoms with Crippen molar-refractivity contribution in [3.63, 3.8) is 0 Å². The summed E-state index contributed by atoms with van der Waals surface area (Å²) >= 11 is 0. The Kier molecular flexibility index (Phi) is 4.78. The highest BCUT2D eigenvalue weighted by atomic mass is 16.3. The van der Waals surface area contributed by atoms with Crippen molar-refractivity contribution in [2.75, 3.05) is 0 Å². The van der Waals surface area contributed by atoms with Crippen molar-refractivity contribution >= 4 is 0 Å². The molecule has 0 radical (unpaired) electrons. The third-order valence-corrected chi connectivity index (χ3v) is 2.96. The molecule has 0 aliphatic rings. The van der Waals surface area contributed by atoms with Crippen molar-refractivity contribution < 1.29 is 5.11 Å². The predicted molar refractivity (Wildman–Crippen MR) is 72.8 cm³/mol. The van der Waals surface area contributed by atoms with E-state index in [0.29, 0.717) is 0 Å². The smallest absolute Gasteiger partial charge is 0.0790 e.